The van der Waals surface area contributed by atoms with Gasteiger partial charge < -0.3 is 15.2 Å². The lowest BCUT2D eigenvalue weighted by molar-refractivity contribution is 0.0519. The number of hydrogen-bond donors (Lipinski definition) is 1. The Morgan fingerprint density at radius 1 is 1.48 bits per heavy atom. The minimum atomic E-state index is -0.515. The topological polar surface area (TPSA) is 79.4 Å². The van der Waals surface area contributed by atoms with Crippen molar-refractivity contribution in [3.63, 3.8) is 0 Å². The molecule has 0 spiro atoms. The summed E-state index contributed by atoms with van der Waals surface area (Å²) in [6.45, 7) is 2.48. The first-order valence-electron chi connectivity index (χ1n) is 6.37. The number of aromatic nitrogens is 2. The molecule has 0 aliphatic carbocycles. The molecule has 6 nitrogen and oxygen atoms in total. The zero-order chi connectivity index (χ0) is 15.4. The van der Waals surface area contributed by atoms with Crippen LogP contribution in [0.2, 0.25) is 0 Å². The van der Waals surface area contributed by atoms with Gasteiger partial charge in [0.2, 0.25) is 0 Å². The number of methoxy groups -OCH3 is 1. The van der Waals surface area contributed by atoms with E-state index < -0.39 is 5.97 Å². The van der Waals surface area contributed by atoms with Gasteiger partial charge in [-0.15, -0.1) is 0 Å². The fourth-order valence-electron chi connectivity index (χ4n) is 1.85. The number of nitrogens with two attached hydrogens (primary N) is 1. The van der Waals surface area contributed by atoms with Crippen LogP contribution < -0.4 is 10.5 Å². The molecular weight excluding hydrogens is 338 g/mol. The molecule has 0 saturated carbocycles. The molecule has 0 aliphatic heterocycles. The van der Waals surface area contributed by atoms with Crippen molar-refractivity contribution in [2.24, 2.45) is 0 Å². The number of benzene rings is 1. The zero-order valence-corrected chi connectivity index (χ0v) is 13.4. The summed E-state index contributed by atoms with van der Waals surface area (Å²) in [4.78, 5) is 11.7. The summed E-state index contributed by atoms with van der Waals surface area (Å²) in [5.41, 5.74) is 7.20. The van der Waals surface area contributed by atoms with Crippen molar-refractivity contribution in [1.29, 1.82) is 0 Å². The third kappa shape index (κ3) is 3.55. The van der Waals surface area contributed by atoms with Crippen LogP contribution in [0.3, 0.4) is 0 Å². The SMILES string of the molecule is CCOC(=O)c1nn(Cc2cc(OC)ccc2Br)cc1N. The van der Waals surface area contributed by atoms with E-state index >= 15 is 0 Å². The highest BCUT2D eigenvalue weighted by Crippen LogP contribution is 2.23. The number of nitrogens with zero attached hydrogens (tertiary/aromatic N) is 2. The number of anilines is 1. The summed E-state index contributed by atoms with van der Waals surface area (Å²) < 4.78 is 12.6. The molecule has 0 bridgehead atoms. The minimum absolute atomic E-state index is 0.135. The molecule has 112 valence electrons. The molecule has 21 heavy (non-hydrogen) atoms. The molecule has 1 heterocycles. The van der Waals surface area contributed by atoms with Crippen molar-refractivity contribution in [1.82, 2.24) is 9.78 Å². The Morgan fingerprint density at radius 2 is 2.24 bits per heavy atom. The van der Waals surface area contributed by atoms with E-state index in [9.17, 15) is 4.79 Å². The molecule has 0 radical (unpaired) electrons. The van der Waals surface area contributed by atoms with Crippen molar-refractivity contribution < 1.29 is 14.3 Å². The number of carbonyl (C=O) groups excluding carboxylic acids is 1. The summed E-state index contributed by atoms with van der Waals surface area (Å²) in [6, 6.07) is 5.65. The van der Waals surface area contributed by atoms with E-state index in [1.54, 1.807) is 24.9 Å². The highest BCUT2D eigenvalue weighted by molar-refractivity contribution is 9.10. The standard InChI is InChI=1S/C14H16BrN3O3/c1-3-21-14(19)13-12(16)8-18(17-13)7-9-6-10(20-2)4-5-11(9)15/h4-6,8H,3,7,16H2,1-2H3. The van der Waals surface area contributed by atoms with Crippen molar-refractivity contribution in [3.05, 3.63) is 40.1 Å². The Balaban J connectivity index is 2.24. The normalized spacial score (nSPS) is 10.4. The lowest BCUT2D eigenvalue weighted by atomic mass is 10.2. The van der Waals surface area contributed by atoms with Crippen molar-refractivity contribution >= 4 is 27.6 Å². The molecule has 2 N–H and O–H groups in total. The largest absolute Gasteiger partial charge is 0.497 e. The van der Waals surface area contributed by atoms with Gasteiger partial charge in [-0.05, 0) is 30.7 Å². The second-order valence-corrected chi connectivity index (χ2v) is 5.16. The molecule has 2 rings (SSSR count). The number of nitrogen functional groups attached to an aromatic ring is 1. The average molecular weight is 354 g/mol. The predicted molar refractivity (Wildman–Crippen MR) is 82.4 cm³/mol. The van der Waals surface area contributed by atoms with Gasteiger partial charge in [0.05, 0.1) is 25.9 Å². The van der Waals surface area contributed by atoms with Crippen molar-refractivity contribution in [3.8, 4) is 5.75 Å². The molecule has 0 fully saturated rings. The van der Waals surface area contributed by atoms with Gasteiger partial charge in [0, 0.05) is 10.7 Å². The summed E-state index contributed by atoms with van der Waals surface area (Å²) in [5, 5.41) is 4.18. The number of rotatable bonds is 5. The van der Waals surface area contributed by atoms with E-state index in [2.05, 4.69) is 21.0 Å². The van der Waals surface area contributed by atoms with E-state index in [0.29, 0.717) is 12.2 Å². The van der Waals surface area contributed by atoms with Crippen LogP contribution >= 0.6 is 15.9 Å². The van der Waals surface area contributed by atoms with Crippen molar-refractivity contribution in [2.45, 2.75) is 13.5 Å². The molecule has 2 aromatic rings. The molecular formula is C14H16BrN3O3. The fourth-order valence-corrected chi connectivity index (χ4v) is 2.22. The Hall–Kier alpha value is -2.02. The minimum Gasteiger partial charge on any atom is -0.497 e. The van der Waals surface area contributed by atoms with Gasteiger partial charge in [-0.2, -0.15) is 5.10 Å². The lowest BCUT2D eigenvalue weighted by Crippen LogP contribution is -2.09. The lowest BCUT2D eigenvalue weighted by Gasteiger charge is -2.07. The first kappa shape index (κ1) is 15.4. The predicted octanol–water partition coefficient (Wildman–Crippen LogP) is 2.46. The smallest absolute Gasteiger partial charge is 0.361 e. The molecule has 0 aliphatic rings. The van der Waals surface area contributed by atoms with Gasteiger partial charge in [-0.25, -0.2) is 4.79 Å². The van der Waals surface area contributed by atoms with Crippen LogP contribution in [0.5, 0.6) is 5.75 Å². The summed E-state index contributed by atoms with van der Waals surface area (Å²) in [7, 11) is 1.61. The first-order chi connectivity index (χ1) is 10.0. The molecule has 0 amide bonds. The number of ether oxygens (including phenoxy) is 2. The summed E-state index contributed by atoms with van der Waals surface area (Å²) >= 11 is 3.48. The van der Waals surface area contributed by atoms with Crippen molar-refractivity contribution in [2.75, 3.05) is 19.5 Å². The van der Waals surface area contributed by atoms with E-state index in [4.69, 9.17) is 15.2 Å². The van der Waals surface area contributed by atoms with Crippen LogP contribution in [0.25, 0.3) is 0 Å². The number of halogens is 1. The third-order valence-electron chi connectivity index (χ3n) is 2.84. The van der Waals surface area contributed by atoms with Gasteiger partial charge in [0.1, 0.15) is 5.75 Å². The highest BCUT2D eigenvalue weighted by atomic mass is 79.9. The Labute approximate surface area is 131 Å². The van der Waals surface area contributed by atoms with E-state index in [1.165, 1.54) is 0 Å². The van der Waals surface area contributed by atoms with Gasteiger partial charge >= 0.3 is 5.97 Å². The third-order valence-corrected chi connectivity index (χ3v) is 3.62. The van der Waals surface area contributed by atoms with E-state index in [1.807, 2.05) is 18.2 Å². The zero-order valence-electron chi connectivity index (χ0n) is 11.8. The molecule has 0 atom stereocenters. The monoisotopic (exact) mass is 353 g/mol. The van der Waals surface area contributed by atoms with Crippen LogP contribution in [-0.4, -0.2) is 29.5 Å². The maximum absolute atomic E-state index is 11.7. The second kappa shape index (κ2) is 6.62. The van der Waals surface area contributed by atoms with Crippen LogP contribution in [0.1, 0.15) is 23.0 Å². The maximum atomic E-state index is 11.7. The van der Waals surface area contributed by atoms with Gasteiger partial charge in [0.25, 0.3) is 0 Å². The maximum Gasteiger partial charge on any atom is 0.361 e. The molecule has 1 aromatic heterocycles. The van der Waals surface area contributed by atoms with E-state index in [-0.39, 0.29) is 12.3 Å². The first-order valence-corrected chi connectivity index (χ1v) is 7.17. The van der Waals surface area contributed by atoms with Crippen LogP contribution in [0.15, 0.2) is 28.9 Å². The summed E-state index contributed by atoms with van der Waals surface area (Å²) in [5.74, 6) is 0.234. The second-order valence-electron chi connectivity index (χ2n) is 4.31. The number of carbonyl (C=O) groups is 1. The number of hydrogen-bond acceptors (Lipinski definition) is 5. The van der Waals surface area contributed by atoms with Crippen LogP contribution in [0, 0.1) is 0 Å². The Kier molecular flexibility index (Phi) is 4.85. The van der Waals surface area contributed by atoms with Gasteiger partial charge in [-0.3, -0.25) is 4.68 Å². The van der Waals surface area contributed by atoms with Crippen LogP contribution in [0.4, 0.5) is 5.69 Å². The Morgan fingerprint density at radius 3 is 2.90 bits per heavy atom. The van der Waals surface area contributed by atoms with Gasteiger partial charge in [-0.1, -0.05) is 15.9 Å². The van der Waals surface area contributed by atoms with E-state index in [0.717, 1.165) is 15.8 Å². The summed E-state index contributed by atoms with van der Waals surface area (Å²) in [6.07, 6.45) is 1.61. The van der Waals surface area contributed by atoms with Crippen LogP contribution in [-0.2, 0) is 11.3 Å². The molecule has 1 aromatic carbocycles. The molecule has 7 heteroatoms. The highest BCUT2D eigenvalue weighted by Gasteiger charge is 2.16. The Bertz CT molecular complexity index is 655. The number of esters is 1. The average Bonchev–Trinajstić information content (AvgIpc) is 2.82. The molecule has 0 unspecified atom stereocenters. The molecule has 0 saturated heterocycles. The quantitative estimate of drug-likeness (QED) is 0.835. The fraction of sp³-hybridized carbons (Fsp3) is 0.286. The van der Waals surface area contributed by atoms with Gasteiger partial charge in [0.15, 0.2) is 5.69 Å².